The van der Waals surface area contributed by atoms with Crippen molar-refractivity contribution in [2.75, 3.05) is 0 Å². The lowest BCUT2D eigenvalue weighted by Gasteiger charge is -2.59. The molecule has 1 aromatic heterocycles. The number of amides is 1. The molecule has 0 spiro atoms. The first kappa shape index (κ1) is 19.8. The van der Waals surface area contributed by atoms with E-state index in [0.717, 1.165) is 23.4 Å². The number of carbonyl (C=O) groups excluding carboxylic acids is 1. The smallest absolute Gasteiger partial charge is 0.276 e. The molecule has 0 aliphatic heterocycles. The topological polar surface area (TPSA) is 64.0 Å². The molecule has 1 aromatic carbocycles. The summed E-state index contributed by atoms with van der Waals surface area (Å²) < 4.78 is 1.63. The Kier molecular flexibility index (Phi) is 4.77. The molecule has 6 rings (SSSR count). The van der Waals surface area contributed by atoms with Crippen LogP contribution in [0.25, 0.3) is 5.69 Å². The molecule has 4 bridgehead atoms. The third-order valence-electron chi connectivity index (χ3n) is 7.75. The van der Waals surface area contributed by atoms with Crippen molar-refractivity contribution in [2.24, 2.45) is 23.2 Å². The summed E-state index contributed by atoms with van der Waals surface area (Å²) in [6.45, 7) is 3.93. The van der Waals surface area contributed by atoms with Crippen LogP contribution >= 0.6 is 11.6 Å². The number of nitrogens with one attached hydrogen (secondary N) is 1. The van der Waals surface area contributed by atoms with Gasteiger partial charge in [-0.05, 0) is 99.8 Å². The first-order valence-electron chi connectivity index (χ1n) is 11.0. The molecule has 4 fully saturated rings. The zero-order valence-electron chi connectivity index (χ0n) is 17.5. The standard InChI is InChI=1S/C24H28ClN3O2/c1-14-7-21(29)22(27-28(14)20-5-3-19(25)4-6-20)23(30)26-15(2)24-11-16-8-17(12-24)10-18(9-16)13-24/h3-7,15-18H,8-13H2,1-2H3,(H,26,30)/t15-,16?,17?,18?,24?/m0/s1. The highest BCUT2D eigenvalue weighted by atomic mass is 35.5. The second-order valence-electron chi connectivity index (χ2n) is 9.86. The quantitative estimate of drug-likeness (QED) is 0.782. The van der Waals surface area contributed by atoms with Gasteiger partial charge in [-0.15, -0.1) is 0 Å². The average molecular weight is 426 g/mol. The molecule has 4 aliphatic rings. The Morgan fingerprint density at radius 1 is 1.13 bits per heavy atom. The van der Waals surface area contributed by atoms with Crippen LogP contribution in [0.4, 0.5) is 0 Å². The lowest BCUT2D eigenvalue weighted by atomic mass is 9.48. The number of hydrogen-bond donors (Lipinski definition) is 1. The summed E-state index contributed by atoms with van der Waals surface area (Å²) in [5.41, 5.74) is 1.23. The molecular weight excluding hydrogens is 398 g/mol. The average Bonchev–Trinajstić information content (AvgIpc) is 2.68. The van der Waals surface area contributed by atoms with Crippen LogP contribution in [0, 0.1) is 30.1 Å². The van der Waals surface area contributed by atoms with Crippen molar-refractivity contribution in [3.63, 3.8) is 0 Å². The van der Waals surface area contributed by atoms with Crippen molar-refractivity contribution < 1.29 is 4.79 Å². The highest BCUT2D eigenvalue weighted by molar-refractivity contribution is 6.30. The van der Waals surface area contributed by atoms with Gasteiger partial charge in [-0.1, -0.05) is 11.6 Å². The Bertz CT molecular complexity index is 1010. The fourth-order valence-corrected chi connectivity index (χ4v) is 6.80. The summed E-state index contributed by atoms with van der Waals surface area (Å²) in [6.07, 6.45) is 7.71. The summed E-state index contributed by atoms with van der Waals surface area (Å²) in [5.74, 6) is 2.08. The monoisotopic (exact) mass is 425 g/mol. The van der Waals surface area contributed by atoms with Crippen molar-refractivity contribution in [2.45, 2.75) is 58.4 Å². The molecule has 4 aliphatic carbocycles. The summed E-state index contributed by atoms with van der Waals surface area (Å²) in [5, 5.41) is 8.21. The van der Waals surface area contributed by atoms with Crippen LogP contribution in [0.3, 0.4) is 0 Å². The molecule has 0 saturated heterocycles. The maximum absolute atomic E-state index is 13.1. The summed E-state index contributed by atoms with van der Waals surface area (Å²) in [6, 6.07) is 8.71. The summed E-state index contributed by atoms with van der Waals surface area (Å²) in [4.78, 5) is 25.7. The van der Waals surface area contributed by atoms with Gasteiger partial charge < -0.3 is 5.32 Å². The van der Waals surface area contributed by atoms with E-state index >= 15 is 0 Å². The Labute approximate surface area is 181 Å². The van der Waals surface area contributed by atoms with Crippen LogP contribution in [0.15, 0.2) is 35.1 Å². The molecule has 30 heavy (non-hydrogen) atoms. The number of hydrogen-bond acceptors (Lipinski definition) is 3. The van der Waals surface area contributed by atoms with Crippen LogP contribution in [0.2, 0.25) is 5.02 Å². The molecular formula is C24H28ClN3O2. The second-order valence-corrected chi connectivity index (χ2v) is 10.3. The van der Waals surface area contributed by atoms with E-state index in [0.29, 0.717) is 10.7 Å². The minimum absolute atomic E-state index is 0.0462. The highest BCUT2D eigenvalue weighted by Gasteiger charge is 2.53. The molecule has 5 nitrogen and oxygen atoms in total. The maximum Gasteiger partial charge on any atom is 0.276 e. The largest absolute Gasteiger partial charge is 0.348 e. The zero-order valence-corrected chi connectivity index (χ0v) is 18.3. The van der Waals surface area contributed by atoms with Gasteiger partial charge in [0.25, 0.3) is 5.91 Å². The first-order valence-corrected chi connectivity index (χ1v) is 11.4. The van der Waals surface area contributed by atoms with E-state index in [1.165, 1.54) is 44.6 Å². The molecule has 1 N–H and O–H groups in total. The van der Waals surface area contributed by atoms with Crippen molar-refractivity contribution in [3.05, 3.63) is 57.0 Å². The van der Waals surface area contributed by atoms with Crippen LogP contribution in [0.1, 0.15) is 61.6 Å². The van der Waals surface area contributed by atoms with E-state index < -0.39 is 0 Å². The molecule has 0 radical (unpaired) electrons. The van der Waals surface area contributed by atoms with Crippen molar-refractivity contribution in [1.82, 2.24) is 15.1 Å². The lowest BCUT2D eigenvalue weighted by Crippen LogP contribution is -2.56. The number of aryl methyl sites for hydroxylation is 1. The van der Waals surface area contributed by atoms with Crippen molar-refractivity contribution in [1.29, 1.82) is 0 Å². The minimum Gasteiger partial charge on any atom is -0.348 e. The fraction of sp³-hybridized carbons (Fsp3) is 0.542. The third-order valence-corrected chi connectivity index (χ3v) is 8.00. The number of carbonyl (C=O) groups is 1. The first-order chi connectivity index (χ1) is 14.3. The maximum atomic E-state index is 13.1. The highest BCUT2D eigenvalue weighted by Crippen LogP contribution is 2.61. The van der Waals surface area contributed by atoms with Crippen molar-refractivity contribution >= 4 is 17.5 Å². The zero-order chi connectivity index (χ0) is 21.0. The lowest BCUT2D eigenvalue weighted by molar-refractivity contribution is -0.0688. The Balaban J connectivity index is 1.40. The van der Waals surface area contributed by atoms with Gasteiger partial charge in [-0.25, -0.2) is 4.68 Å². The summed E-state index contributed by atoms with van der Waals surface area (Å²) in [7, 11) is 0. The SMILES string of the molecule is Cc1cc(=O)c(C(=O)N[C@@H](C)C23CC4CC(CC(C4)C2)C3)nn1-c1ccc(Cl)cc1. The van der Waals surface area contributed by atoms with Crippen molar-refractivity contribution in [3.8, 4) is 5.69 Å². The van der Waals surface area contributed by atoms with Crippen LogP contribution in [-0.2, 0) is 0 Å². The Morgan fingerprint density at radius 2 is 1.70 bits per heavy atom. The number of benzene rings is 1. The Hall–Kier alpha value is -2.14. The van der Waals surface area contributed by atoms with Gasteiger partial charge >= 0.3 is 0 Å². The molecule has 1 heterocycles. The summed E-state index contributed by atoms with van der Waals surface area (Å²) >= 11 is 5.99. The van der Waals surface area contributed by atoms with Gasteiger partial charge in [0.05, 0.1) is 5.69 Å². The molecule has 0 unspecified atom stereocenters. The molecule has 2 aromatic rings. The van der Waals surface area contributed by atoms with E-state index in [4.69, 9.17) is 11.6 Å². The van der Waals surface area contributed by atoms with E-state index in [1.807, 2.05) is 19.1 Å². The van der Waals surface area contributed by atoms with E-state index in [9.17, 15) is 9.59 Å². The van der Waals surface area contributed by atoms with Gasteiger partial charge in [-0.3, -0.25) is 9.59 Å². The molecule has 6 heteroatoms. The molecule has 1 atom stereocenters. The minimum atomic E-state index is -0.369. The number of halogens is 1. The van der Waals surface area contributed by atoms with Gasteiger partial charge in [0.2, 0.25) is 5.43 Å². The fourth-order valence-electron chi connectivity index (χ4n) is 6.67. The molecule has 1 amide bonds. The van der Waals surface area contributed by atoms with Gasteiger partial charge in [0, 0.05) is 22.8 Å². The number of rotatable bonds is 4. The number of aromatic nitrogens is 2. The van der Waals surface area contributed by atoms with E-state index in [2.05, 4.69) is 17.3 Å². The normalized spacial score (nSPS) is 30.3. The van der Waals surface area contributed by atoms with Gasteiger partial charge in [0.1, 0.15) is 0 Å². The van der Waals surface area contributed by atoms with Gasteiger partial charge in [0.15, 0.2) is 5.69 Å². The molecule has 4 saturated carbocycles. The second kappa shape index (κ2) is 7.23. The van der Waals surface area contributed by atoms with Crippen LogP contribution in [0.5, 0.6) is 0 Å². The predicted octanol–water partition coefficient (Wildman–Crippen LogP) is 4.53. The van der Waals surface area contributed by atoms with E-state index in [-0.39, 0.29) is 28.5 Å². The Morgan fingerprint density at radius 3 is 2.27 bits per heavy atom. The van der Waals surface area contributed by atoms with Gasteiger partial charge in [-0.2, -0.15) is 5.10 Å². The number of nitrogens with zero attached hydrogens (tertiary/aromatic N) is 2. The predicted molar refractivity (Wildman–Crippen MR) is 117 cm³/mol. The third kappa shape index (κ3) is 3.37. The van der Waals surface area contributed by atoms with E-state index in [1.54, 1.807) is 16.8 Å². The molecule has 158 valence electrons. The van der Waals surface area contributed by atoms with Crippen LogP contribution in [-0.4, -0.2) is 21.7 Å². The van der Waals surface area contributed by atoms with Crippen LogP contribution < -0.4 is 10.7 Å².